The summed E-state index contributed by atoms with van der Waals surface area (Å²) < 4.78 is 9.44. The molecule has 1 aromatic heterocycles. The number of ether oxygens (including phenoxy) is 1. The monoisotopic (exact) mass is 238 g/mol. The van der Waals surface area contributed by atoms with E-state index in [0.717, 1.165) is 4.90 Å². The molecule has 3 amide bonds. The Hall–Kier alpha value is -2.31. The van der Waals surface area contributed by atoms with E-state index in [2.05, 4.69) is 5.32 Å². The van der Waals surface area contributed by atoms with E-state index in [9.17, 15) is 14.4 Å². The summed E-state index contributed by atoms with van der Waals surface area (Å²) in [5.74, 6) is -1.21. The van der Waals surface area contributed by atoms with Crippen LogP contribution in [-0.2, 0) is 9.53 Å². The number of hydrogen-bond acceptors (Lipinski definition) is 5. The molecule has 17 heavy (non-hydrogen) atoms. The van der Waals surface area contributed by atoms with E-state index in [0.29, 0.717) is 13.1 Å². The summed E-state index contributed by atoms with van der Waals surface area (Å²) in [6, 6.07) is 0.962. The largest absolute Gasteiger partial charge is 0.472 e. The van der Waals surface area contributed by atoms with Crippen molar-refractivity contribution in [2.75, 3.05) is 19.7 Å². The molecule has 0 bridgehead atoms. The number of furan rings is 1. The Morgan fingerprint density at radius 1 is 1.53 bits per heavy atom. The molecule has 0 saturated carbocycles. The average molecular weight is 238 g/mol. The van der Waals surface area contributed by atoms with Crippen LogP contribution in [0.25, 0.3) is 0 Å². The van der Waals surface area contributed by atoms with E-state index in [-0.39, 0.29) is 5.56 Å². The van der Waals surface area contributed by atoms with E-state index in [1.807, 2.05) is 0 Å². The molecule has 0 spiro atoms. The van der Waals surface area contributed by atoms with Gasteiger partial charge in [0.1, 0.15) is 6.26 Å². The number of nitrogens with one attached hydrogen (secondary N) is 1. The highest BCUT2D eigenvalue weighted by molar-refractivity contribution is 5.98. The lowest BCUT2D eigenvalue weighted by atomic mass is 10.3. The van der Waals surface area contributed by atoms with Gasteiger partial charge in [-0.3, -0.25) is 9.69 Å². The maximum absolute atomic E-state index is 11.5. The van der Waals surface area contributed by atoms with Crippen molar-refractivity contribution in [3.63, 3.8) is 0 Å². The second-order valence-electron chi connectivity index (χ2n) is 3.37. The zero-order chi connectivity index (χ0) is 12.3. The molecule has 0 aliphatic carbocycles. The molecule has 0 aromatic carbocycles. The standard InChI is InChI=1S/C10H10N2O5/c13-8(12-3-2-11-10(12)15)6-17-9(14)7-1-4-16-5-7/h1,4-5H,2-3,6H2,(H,11,15). The lowest BCUT2D eigenvalue weighted by molar-refractivity contribution is -0.130. The molecule has 0 radical (unpaired) electrons. The summed E-state index contributed by atoms with van der Waals surface area (Å²) >= 11 is 0. The number of urea groups is 1. The van der Waals surface area contributed by atoms with Crippen LogP contribution in [0.4, 0.5) is 4.79 Å². The zero-order valence-corrected chi connectivity index (χ0v) is 8.84. The summed E-state index contributed by atoms with van der Waals surface area (Å²) in [6.07, 6.45) is 2.54. The third-order valence-electron chi connectivity index (χ3n) is 2.24. The van der Waals surface area contributed by atoms with Gasteiger partial charge < -0.3 is 14.5 Å². The van der Waals surface area contributed by atoms with Crippen molar-refractivity contribution in [2.45, 2.75) is 0 Å². The predicted molar refractivity (Wildman–Crippen MR) is 54.1 cm³/mol. The Balaban J connectivity index is 1.84. The summed E-state index contributed by atoms with van der Waals surface area (Å²) in [4.78, 5) is 35.0. The highest BCUT2D eigenvalue weighted by Gasteiger charge is 2.26. The topological polar surface area (TPSA) is 88.9 Å². The molecule has 2 rings (SSSR count). The molecule has 1 aromatic rings. The smallest absolute Gasteiger partial charge is 0.341 e. The molecule has 1 fully saturated rings. The molecule has 7 heteroatoms. The van der Waals surface area contributed by atoms with Crippen LogP contribution in [0.2, 0.25) is 0 Å². The van der Waals surface area contributed by atoms with Gasteiger partial charge in [0.25, 0.3) is 5.91 Å². The molecule has 1 aliphatic heterocycles. The van der Waals surface area contributed by atoms with Crippen LogP contribution >= 0.6 is 0 Å². The lowest BCUT2D eigenvalue weighted by Crippen LogP contribution is -2.37. The van der Waals surface area contributed by atoms with Crippen LogP contribution in [0.15, 0.2) is 23.0 Å². The van der Waals surface area contributed by atoms with Crippen molar-refractivity contribution in [2.24, 2.45) is 0 Å². The van der Waals surface area contributed by atoms with E-state index in [1.165, 1.54) is 18.6 Å². The van der Waals surface area contributed by atoms with Crippen LogP contribution in [0.5, 0.6) is 0 Å². The summed E-state index contributed by atoms with van der Waals surface area (Å²) in [6.45, 7) is 0.249. The van der Waals surface area contributed by atoms with E-state index in [4.69, 9.17) is 9.15 Å². The Kier molecular flexibility index (Phi) is 3.08. The minimum absolute atomic E-state index is 0.226. The molecule has 0 unspecified atom stereocenters. The van der Waals surface area contributed by atoms with Crippen molar-refractivity contribution >= 4 is 17.9 Å². The van der Waals surface area contributed by atoms with Gasteiger partial charge in [-0.1, -0.05) is 0 Å². The minimum atomic E-state index is -0.660. The first-order valence-corrected chi connectivity index (χ1v) is 4.96. The van der Waals surface area contributed by atoms with Gasteiger partial charge in [-0.15, -0.1) is 0 Å². The van der Waals surface area contributed by atoms with Gasteiger partial charge in [-0.05, 0) is 6.07 Å². The van der Waals surface area contributed by atoms with Crippen LogP contribution in [0.3, 0.4) is 0 Å². The van der Waals surface area contributed by atoms with Crippen molar-refractivity contribution in [1.29, 1.82) is 0 Å². The van der Waals surface area contributed by atoms with Gasteiger partial charge in [-0.2, -0.15) is 0 Å². The highest BCUT2D eigenvalue weighted by Crippen LogP contribution is 2.03. The third-order valence-corrected chi connectivity index (χ3v) is 2.24. The summed E-state index contributed by atoms with van der Waals surface area (Å²) in [5, 5.41) is 2.48. The Labute approximate surface area is 96.3 Å². The van der Waals surface area contributed by atoms with E-state index >= 15 is 0 Å². The van der Waals surface area contributed by atoms with Crippen LogP contribution in [-0.4, -0.2) is 42.5 Å². The van der Waals surface area contributed by atoms with Crippen LogP contribution in [0, 0.1) is 0 Å². The van der Waals surface area contributed by atoms with Gasteiger partial charge >= 0.3 is 12.0 Å². The average Bonchev–Trinajstić information content (AvgIpc) is 2.95. The first kappa shape index (κ1) is 11.2. The Morgan fingerprint density at radius 3 is 2.94 bits per heavy atom. The maximum atomic E-state index is 11.5. The first-order chi connectivity index (χ1) is 8.18. The fourth-order valence-electron chi connectivity index (χ4n) is 1.38. The number of nitrogens with zero attached hydrogens (tertiary/aromatic N) is 1. The predicted octanol–water partition coefficient (Wildman–Crippen LogP) is -0.0118. The van der Waals surface area contributed by atoms with Gasteiger partial charge in [0.2, 0.25) is 0 Å². The number of amides is 3. The number of imide groups is 1. The molecule has 1 aliphatic rings. The molecule has 1 N–H and O–H groups in total. The Morgan fingerprint density at radius 2 is 2.35 bits per heavy atom. The summed E-state index contributed by atoms with van der Waals surface area (Å²) in [7, 11) is 0. The SMILES string of the molecule is O=C(OCC(=O)N1CCNC1=O)c1ccoc1. The van der Waals surface area contributed by atoms with Gasteiger partial charge in [0.15, 0.2) is 6.61 Å². The molecular weight excluding hydrogens is 228 g/mol. The second-order valence-corrected chi connectivity index (χ2v) is 3.37. The highest BCUT2D eigenvalue weighted by atomic mass is 16.5. The van der Waals surface area contributed by atoms with Gasteiger partial charge in [0.05, 0.1) is 11.8 Å². The molecule has 0 atom stereocenters. The number of rotatable bonds is 3. The van der Waals surface area contributed by atoms with Crippen LogP contribution in [0.1, 0.15) is 10.4 Å². The number of carbonyl (C=O) groups excluding carboxylic acids is 3. The fraction of sp³-hybridized carbons (Fsp3) is 0.300. The van der Waals surface area contributed by atoms with Crippen molar-refractivity contribution in [1.82, 2.24) is 10.2 Å². The third kappa shape index (κ3) is 2.44. The van der Waals surface area contributed by atoms with Crippen LogP contribution < -0.4 is 5.32 Å². The summed E-state index contributed by atoms with van der Waals surface area (Å²) in [5.41, 5.74) is 0.226. The molecule has 2 heterocycles. The molecular formula is C10H10N2O5. The normalized spacial score (nSPS) is 14.6. The van der Waals surface area contributed by atoms with Gasteiger partial charge in [0, 0.05) is 13.1 Å². The van der Waals surface area contributed by atoms with E-state index in [1.54, 1.807) is 0 Å². The zero-order valence-electron chi connectivity index (χ0n) is 8.84. The molecule has 7 nitrogen and oxygen atoms in total. The Bertz CT molecular complexity index is 440. The van der Waals surface area contributed by atoms with Crippen molar-refractivity contribution in [3.8, 4) is 0 Å². The quantitative estimate of drug-likeness (QED) is 0.748. The first-order valence-electron chi connectivity index (χ1n) is 4.96. The minimum Gasteiger partial charge on any atom is -0.472 e. The molecule has 90 valence electrons. The molecule has 1 saturated heterocycles. The number of hydrogen-bond donors (Lipinski definition) is 1. The van der Waals surface area contributed by atoms with Gasteiger partial charge in [-0.25, -0.2) is 9.59 Å². The maximum Gasteiger partial charge on any atom is 0.341 e. The van der Waals surface area contributed by atoms with Crippen molar-refractivity contribution < 1.29 is 23.5 Å². The lowest BCUT2D eigenvalue weighted by Gasteiger charge is -2.11. The van der Waals surface area contributed by atoms with E-state index < -0.39 is 24.5 Å². The fourth-order valence-corrected chi connectivity index (χ4v) is 1.38. The van der Waals surface area contributed by atoms with Crippen molar-refractivity contribution in [3.05, 3.63) is 24.2 Å². The number of esters is 1. The second kappa shape index (κ2) is 4.69. The number of carbonyl (C=O) groups is 3.